The first kappa shape index (κ1) is 8.31. The zero-order valence-electron chi connectivity index (χ0n) is 6.61. The Morgan fingerprint density at radius 2 is 1.92 bits per heavy atom. The lowest BCUT2D eigenvalue weighted by Crippen LogP contribution is -1.82. The third kappa shape index (κ3) is 2.09. The third-order valence-corrected chi connectivity index (χ3v) is 1.98. The lowest BCUT2D eigenvalue weighted by Gasteiger charge is -1.99. The molecule has 1 aromatic heterocycles. The Morgan fingerprint density at radius 3 is 2.54 bits per heavy atom. The molecule has 2 rings (SSSR count). The first-order chi connectivity index (χ1) is 6.34. The number of benzene rings is 1. The Kier molecular flexibility index (Phi) is 2.31. The summed E-state index contributed by atoms with van der Waals surface area (Å²) in [5.74, 6) is 1.19. The van der Waals surface area contributed by atoms with E-state index in [4.69, 9.17) is 4.74 Å². The van der Waals surface area contributed by atoms with Gasteiger partial charge in [-0.1, -0.05) is 15.9 Å². The highest BCUT2D eigenvalue weighted by molar-refractivity contribution is 9.10. The second-order valence-electron chi connectivity index (χ2n) is 2.39. The summed E-state index contributed by atoms with van der Waals surface area (Å²) in [7, 11) is 0. The van der Waals surface area contributed by atoms with Crippen LogP contribution >= 0.6 is 15.9 Å². The van der Waals surface area contributed by atoms with Crippen LogP contribution in [0.15, 0.2) is 45.6 Å². The molecule has 0 aliphatic carbocycles. The van der Waals surface area contributed by atoms with Crippen LogP contribution in [0.1, 0.15) is 0 Å². The molecular weight excluding hydrogens is 234 g/mol. The maximum absolute atomic E-state index is 5.35. The summed E-state index contributed by atoms with van der Waals surface area (Å²) in [6, 6.07) is 9.14. The molecule has 66 valence electrons. The average Bonchev–Trinajstić information content (AvgIpc) is 2.62. The predicted octanol–water partition coefficient (Wildman–Crippen LogP) is 3.23. The van der Waals surface area contributed by atoms with Gasteiger partial charge in [-0.05, 0) is 29.4 Å². The third-order valence-electron chi connectivity index (χ3n) is 1.45. The summed E-state index contributed by atoms with van der Waals surface area (Å²) in [5, 5.41) is 3.63. The van der Waals surface area contributed by atoms with Crippen molar-refractivity contribution in [2.75, 3.05) is 0 Å². The van der Waals surface area contributed by atoms with E-state index in [9.17, 15) is 0 Å². The van der Waals surface area contributed by atoms with Crippen LogP contribution in [-0.2, 0) is 0 Å². The van der Waals surface area contributed by atoms with Gasteiger partial charge in [0.1, 0.15) is 12.0 Å². The number of ether oxygens (including phenoxy) is 1. The number of halogens is 1. The highest BCUT2D eigenvalue weighted by Crippen LogP contribution is 2.21. The molecule has 1 heterocycles. The molecule has 0 spiro atoms. The van der Waals surface area contributed by atoms with Gasteiger partial charge in [-0.2, -0.15) is 0 Å². The number of hydrogen-bond acceptors (Lipinski definition) is 3. The molecule has 4 heteroatoms. The van der Waals surface area contributed by atoms with Crippen molar-refractivity contribution >= 4 is 15.9 Å². The lowest BCUT2D eigenvalue weighted by atomic mass is 10.3. The molecule has 0 saturated heterocycles. The van der Waals surface area contributed by atoms with Gasteiger partial charge >= 0.3 is 0 Å². The Labute approximate surface area is 83.4 Å². The van der Waals surface area contributed by atoms with Crippen molar-refractivity contribution in [1.82, 2.24) is 5.16 Å². The number of nitrogens with zero attached hydrogens (tertiary/aromatic N) is 1. The smallest absolute Gasteiger partial charge is 0.259 e. The molecule has 0 atom stereocenters. The zero-order chi connectivity index (χ0) is 9.10. The molecule has 0 amide bonds. The fraction of sp³-hybridized carbons (Fsp3) is 0. The first-order valence-electron chi connectivity index (χ1n) is 3.68. The van der Waals surface area contributed by atoms with Crippen LogP contribution in [0, 0.1) is 0 Å². The molecule has 2 aromatic rings. The summed E-state index contributed by atoms with van der Waals surface area (Å²) >= 11 is 3.33. The molecule has 0 unspecified atom stereocenters. The first-order valence-corrected chi connectivity index (χ1v) is 4.48. The van der Waals surface area contributed by atoms with E-state index >= 15 is 0 Å². The van der Waals surface area contributed by atoms with Gasteiger partial charge < -0.3 is 9.26 Å². The van der Waals surface area contributed by atoms with E-state index in [1.54, 1.807) is 6.07 Å². The topological polar surface area (TPSA) is 35.3 Å². The van der Waals surface area contributed by atoms with Crippen molar-refractivity contribution < 1.29 is 9.26 Å². The minimum absolute atomic E-state index is 0.460. The minimum atomic E-state index is 0.460. The van der Waals surface area contributed by atoms with Crippen molar-refractivity contribution in [3.63, 3.8) is 0 Å². The van der Waals surface area contributed by atoms with E-state index in [-0.39, 0.29) is 0 Å². The zero-order valence-corrected chi connectivity index (χ0v) is 8.19. The van der Waals surface area contributed by atoms with Crippen molar-refractivity contribution in [3.8, 4) is 11.6 Å². The Bertz CT molecular complexity index is 369. The monoisotopic (exact) mass is 239 g/mol. The number of hydrogen-bond donors (Lipinski definition) is 0. The predicted molar refractivity (Wildman–Crippen MR) is 50.7 cm³/mol. The largest absolute Gasteiger partial charge is 0.436 e. The van der Waals surface area contributed by atoms with Gasteiger partial charge in [-0.3, -0.25) is 0 Å². The minimum Gasteiger partial charge on any atom is -0.436 e. The van der Waals surface area contributed by atoms with Gasteiger partial charge in [0.05, 0.1) is 0 Å². The van der Waals surface area contributed by atoms with Crippen molar-refractivity contribution in [3.05, 3.63) is 41.1 Å². The Balaban J connectivity index is 2.15. The molecule has 13 heavy (non-hydrogen) atoms. The highest BCUT2D eigenvalue weighted by Gasteiger charge is 1.98. The van der Waals surface area contributed by atoms with E-state index in [2.05, 4.69) is 25.6 Å². The molecule has 3 nitrogen and oxygen atoms in total. The summed E-state index contributed by atoms with van der Waals surface area (Å²) in [4.78, 5) is 0. The quantitative estimate of drug-likeness (QED) is 0.808. The van der Waals surface area contributed by atoms with Crippen LogP contribution in [0.3, 0.4) is 0 Å². The standard InChI is InChI=1S/C9H6BrNO2/c10-7-1-3-8(4-2-7)13-9-5-6-12-11-9/h1-6H. The Hall–Kier alpha value is -1.29. The second kappa shape index (κ2) is 3.62. The lowest BCUT2D eigenvalue weighted by molar-refractivity contribution is 0.367. The van der Waals surface area contributed by atoms with Gasteiger partial charge in [-0.15, -0.1) is 0 Å². The SMILES string of the molecule is Brc1ccc(Oc2ccon2)cc1. The molecule has 0 saturated carbocycles. The van der Waals surface area contributed by atoms with E-state index in [1.807, 2.05) is 24.3 Å². The number of rotatable bonds is 2. The highest BCUT2D eigenvalue weighted by atomic mass is 79.9. The molecule has 0 radical (unpaired) electrons. The number of aromatic nitrogens is 1. The summed E-state index contributed by atoms with van der Waals surface area (Å²) in [5.41, 5.74) is 0. The van der Waals surface area contributed by atoms with Crippen LogP contribution in [-0.4, -0.2) is 5.16 Å². The van der Waals surface area contributed by atoms with Gasteiger partial charge in [0.15, 0.2) is 0 Å². The molecule has 0 fully saturated rings. The van der Waals surface area contributed by atoms with Crippen LogP contribution in [0.4, 0.5) is 0 Å². The van der Waals surface area contributed by atoms with Gasteiger partial charge in [0, 0.05) is 10.5 Å². The molecule has 0 aliphatic rings. The maximum Gasteiger partial charge on any atom is 0.259 e. The summed E-state index contributed by atoms with van der Waals surface area (Å²) in [6.07, 6.45) is 1.47. The van der Waals surface area contributed by atoms with Crippen LogP contribution in [0.5, 0.6) is 11.6 Å². The van der Waals surface area contributed by atoms with E-state index in [0.717, 1.165) is 10.2 Å². The van der Waals surface area contributed by atoms with E-state index in [0.29, 0.717) is 5.88 Å². The molecule has 0 bridgehead atoms. The fourth-order valence-electron chi connectivity index (χ4n) is 0.877. The van der Waals surface area contributed by atoms with Gasteiger partial charge in [0.25, 0.3) is 5.88 Å². The van der Waals surface area contributed by atoms with Crippen molar-refractivity contribution in [2.45, 2.75) is 0 Å². The normalized spacial score (nSPS) is 9.92. The van der Waals surface area contributed by atoms with Crippen molar-refractivity contribution in [2.24, 2.45) is 0 Å². The molecule has 1 aromatic carbocycles. The molecule has 0 aliphatic heterocycles. The van der Waals surface area contributed by atoms with E-state index in [1.165, 1.54) is 6.26 Å². The van der Waals surface area contributed by atoms with Crippen LogP contribution in [0.25, 0.3) is 0 Å². The summed E-state index contributed by atoms with van der Waals surface area (Å²) < 4.78 is 11.0. The maximum atomic E-state index is 5.35. The fourth-order valence-corrected chi connectivity index (χ4v) is 1.14. The van der Waals surface area contributed by atoms with Crippen molar-refractivity contribution in [1.29, 1.82) is 0 Å². The second-order valence-corrected chi connectivity index (χ2v) is 3.31. The van der Waals surface area contributed by atoms with Crippen LogP contribution < -0.4 is 4.74 Å². The Morgan fingerprint density at radius 1 is 1.15 bits per heavy atom. The molecular formula is C9H6BrNO2. The van der Waals surface area contributed by atoms with Gasteiger partial charge in [0.2, 0.25) is 0 Å². The van der Waals surface area contributed by atoms with Gasteiger partial charge in [-0.25, -0.2) is 0 Å². The summed E-state index contributed by atoms with van der Waals surface area (Å²) in [6.45, 7) is 0. The van der Waals surface area contributed by atoms with Crippen LogP contribution in [0.2, 0.25) is 0 Å². The molecule has 0 N–H and O–H groups in total. The van der Waals surface area contributed by atoms with E-state index < -0.39 is 0 Å². The average molecular weight is 240 g/mol.